The van der Waals surface area contributed by atoms with Gasteiger partial charge in [-0.15, -0.1) is 0 Å². The molecule has 2 aromatic carbocycles. The lowest BCUT2D eigenvalue weighted by Crippen LogP contribution is -2.49. The Kier molecular flexibility index (Phi) is 7.25. The lowest BCUT2D eigenvalue weighted by molar-refractivity contribution is -0.150. The highest BCUT2D eigenvalue weighted by Gasteiger charge is 2.55. The van der Waals surface area contributed by atoms with E-state index in [2.05, 4.69) is 5.32 Å². The third-order valence-corrected chi connectivity index (χ3v) is 6.65. The van der Waals surface area contributed by atoms with Crippen molar-refractivity contribution in [1.82, 2.24) is 9.80 Å². The van der Waals surface area contributed by atoms with Crippen LogP contribution in [0.1, 0.15) is 32.1 Å². The molecule has 0 aromatic heterocycles. The van der Waals surface area contributed by atoms with Crippen LogP contribution in [-0.4, -0.2) is 59.4 Å². The van der Waals surface area contributed by atoms with E-state index >= 15 is 0 Å². The van der Waals surface area contributed by atoms with Crippen LogP contribution in [0.2, 0.25) is 5.02 Å². The summed E-state index contributed by atoms with van der Waals surface area (Å²) in [6.45, 7) is -1.07. The molecule has 4 amide bonds. The van der Waals surface area contributed by atoms with Crippen molar-refractivity contribution in [2.75, 3.05) is 25.5 Å². The minimum Gasteiger partial charge on any atom is -0.456 e. The Hall–Kier alpha value is -3.59. The number of hydrogen-bond acceptors (Lipinski definition) is 6. The molecule has 4 rings (SSSR count). The van der Waals surface area contributed by atoms with Crippen LogP contribution >= 0.6 is 11.6 Å². The summed E-state index contributed by atoms with van der Waals surface area (Å²) in [6, 6.07) is 13.1. The SMILES string of the molecule is CN1C(=O)N(CC(=O)OCC(=O)Nc2ccc(Oc3ccccc3Cl)cc2)C(=O)C12CCCCC2. The van der Waals surface area contributed by atoms with Crippen LogP contribution in [0.4, 0.5) is 10.5 Å². The number of likely N-dealkylation sites (N-methyl/N-ethyl adjacent to an activating group) is 1. The second-order valence-corrected chi connectivity index (χ2v) is 9.00. The highest BCUT2D eigenvalue weighted by atomic mass is 35.5. The maximum absolute atomic E-state index is 12.9. The molecule has 2 aliphatic rings. The molecule has 0 radical (unpaired) electrons. The number of rotatable bonds is 7. The van der Waals surface area contributed by atoms with Crippen LogP contribution in [0.15, 0.2) is 48.5 Å². The van der Waals surface area contributed by atoms with E-state index < -0.39 is 36.6 Å². The number of urea groups is 1. The minimum absolute atomic E-state index is 0.370. The number of hydrogen-bond donors (Lipinski definition) is 1. The number of carbonyl (C=O) groups excluding carboxylic acids is 4. The van der Waals surface area contributed by atoms with Gasteiger partial charge < -0.3 is 19.7 Å². The summed E-state index contributed by atoms with van der Waals surface area (Å²) >= 11 is 6.08. The van der Waals surface area contributed by atoms with Gasteiger partial charge in [-0.1, -0.05) is 43.0 Å². The van der Waals surface area contributed by atoms with E-state index in [1.807, 2.05) is 0 Å². The number of halogens is 1. The number of esters is 1. The van der Waals surface area contributed by atoms with Crippen molar-refractivity contribution in [3.05, 3.63) is 53.6 Å². The number of imide groups is 1. The molecule has 0 bridgehead atoms. The molecule has 2 aromatic rings. The minimum atomic E-state index is -0.866. The zero-order valence-corrected chi connectivity index (χ0v) is 20.0. The van der Waals surface area contributed by atoms with E-state index in [1.165, 1.54) is 4.90 Å². The summed E-state index contributed by atoms with van der Waals surface area (Å²) in [4.78, 5) is 52.4. The summed E-state index contributed by atoms with van der Waals surface area (Å²) < 4.78 is 10.7. The fourth-order valence-corrected chi connectivity index (χ4v) is 4.62. The summed E-state index contributed by atoms with van der Waals surface area (Å²) in [5.41, 5.74) is -0.391. The first kappa shape index (κ1) is 24.5. The largest absolute Gasteiger partial charge is 0.456 e. The van der Waals surface area contributed by atoms with Gasteiger partial charge in [0.1, 0.15) is 23.6 Å². The first-order valence-electron chi connectivity index (χ1n) is 11.4. The summed E-state index contributed by atoms with van der Waals surface area (Å²) in [5, 5.41) is 3.09. The van der Waals surface area contributed by atoms with E-state index in [4.69, 9.17) is 21.1 Å². The third kappa shape index (κ3) is 5.24. The van der Waals surface area contributed by atoms with Crippen molar-refractivity contribution in [1.29, 1.82) is 0 Å². The number of amides is 4. The molecule has 10 heteroatoms. The number of para-hydroxylation sites is 1. The summed E-state index contributed by atoms with van der Waals surface area (Å²) in [6.07, 6.45) is 3.91. The topological polar surface area (TPSA) is 105 Å². The number of benzene rings is 2. The molecule has 0 unspecified atom stereocenters. The van der Waals surface area contributed by atoms with Gasteiger partial charge in [-0.05, 0) is 49.2 Å². The van der Waals surface area contributed by atoms with Crippen molar-refractivity contribution in [2.45, 2.75) is 37.6 Å². The van der Waals surface area contributed by atoms with Gasteiger partial charge in [0.2, 0.25) is 0 Å². The molecule has 35 heavy (non-hydrogen) atoms. The van der Waals surface area contributed by atoms with E-state index in [1.54, 1.807) is 55.6 Å². The van der Waals surface area contributed by atoms with Gasteiger partial charge in [-0.2, -0.15) is 0 Å². The summed E-state index contributed by atoms with van der Waals surface area (Å²) in [7, 11) is 1.59. The molecule has 0 atom stereocenters. The Bertz CT molecular complexity index is 1130. The second kappa shape index (κ2) is 10.4. The predicted molar refractivity (Wildman–Crippen MR) is 128 cm³/mol. The first-order valence-corrected chi connectivity index (χ1v) is 11.8. The van der Waals surface area contributed by atoms with Crippen molar-refractivity contribution in [2.24, 2.45) is 0 Å². The Labute approximate surface area is 207 Å². The van der Waals surface area contributed by atoms with Gasteiger partial charge >= 0.3 is 12.0 Å². The van der Waals surface area contributed by atoms with Gasteiger partial charge in [0.15, 0.2) is 6.61 Å². The quantitative estimate of drug-likeness (QED) is 0.452. The van der Waals surface area contributed by atoms with E-state index in [9.17, 15) is 19.2 Å². The van der Waals surface area contributed by atoms with E-state index in [0.29, 0.717) is 35.1 Å². The molecule has 1 N–H and O–H groups in total. The van der Waals surface area contributed by atoms with Gasteiger partial charge in [0.05, 0.1) is 5.02 Å². The molecule has 2 fully saturated rings. The molecule has 9 nitrogen and oxygen atoms in total. The zero-order valence-electron chi connectivity index (χ0n) is 19.3. The van der Waals surface area contributed by atoms with Gasteiger partial charge in [-0.25, -0.2) is 4.79 Å². The Morgan fingerprint density at radius 3 is 2.40 bits per heavy atom. The van der Waals surface area contributed by atoms with Crippen LogP contribution < -0.4 is 10.1 Å². The monoisotopic (exact) mass is 499 g/mol. The second-order valence-electron chi connectivity index (χ2n) is 8.59. The molecule has 1 saturated carbocycles. The lowest BCUT2D eigenvalue weighted by atomic mass is 9.81. The van der Waals surface area contributed by atoms with Crippen LogP contribution in [-0.2, 0) is 19.1 Å². The van der Waals surface area contributed by atoms with E-state index in [0.717, 1.165) is 24.2 Å². The fraction of sp³-hybridized carbons (Fsp3) is 0.360. The molecular weight excluding hydrogens is 474 g/mol. The fourth-order valence-electron chi connectivity index (χ4n) is 4.45. The number of nitrogens with one attached hydrogen (secondary N) is 1. The number of ether oxygens (including phenoxy) is 2. The maximum atomic E-state index is 12.9. The smallest absolute Gasteiger partial charge is 0.327 e. The molecule has 1 spiro atoms. The van der Waals surface area contributed by atoms with Crippen LogP contribution in [0.3, 0.4) is 0 Å². The highest BCUT2D eigenvalue weighted by Crippen LogP contribution is 2.39. The number of anilines is 1. The molecule has 1 aliphatic carbocycles. The van der Waals surface area contributed by atoms with Crippen molar-refractivity contribution in [3.8, 4) is 11.5 Å². The molecule has 1 aliphatic heterocycles. The van der Waals surface area contributed by atoms with Crippen LogP contribution in [0.5, 0.6) is 11.5 Å². The van der Waals surface area contributed by atoms with Gasteiger partial charge in [0, 0.05) is 12.7 Å². The third-order valence-electron chi connectivity index (χ3n) is 6.34. The Morgan fingerprint density at radius 1 is 1.03 bits per heavy atom. The van der Waals surface area contributed by atoms with Crippen molar-refractivity contribution in [3.63, 3.8) is 0 Å². The molecule has 184 valence electrons. The summed E-state index contributed by atoms with van der Waals surface area (Å²) in [5.74, 6) is -0.716. The van der Waals surface area contributed by atoms with Crippen molar-refractivity contribution < 1.29 is 28.7 Å². The van der Waals surface area contributed by atoms with Crippen LogP contribution in [0.25, 0.3) is 0 Å². The van der Waals surface area contributed by atoms with E-state index in [-0.39, 0.29) is 5.91 Å². The highest BCUT2D eigenvalue weighted by molar-refractivity contribution is 6.32. The number of carbonyl (C=O) groups is 4. The average molecular weight is 500 g/mol. The molecular formula is C25H26ClN3O6. The number of nitrogens with zero attached hydrogens (tertiary/aromatic N) is 2. The van der Waals surface area contributed by atoms with Gasteiger partial charge in [0.25, 0.3) is 11.8 Å². The zero-order chi connectivity index (χ0) is 25.0. The predicted octanol–water partition coefficient (Wildman–Crippen LogP) is 4.21. The van der Waals surface area contributed by atoms with Crippen LogP contribution in [0, 0.1) is 0 Å². The van der Waals surface area contributed by atoms with Crippen molar-refractivity contribution >= 4 is 41.1 Å². The normalized spacial score (nSPS) is 17.0. The standard InChI is InChI=1S/C25H26ClN3O6/c1-28-24(33)29(23(32)25(28)13-5-2-6-14-25)15-22(31)34-16-21(30)27-17-9-11-18(12-10-17)35-20-8-4-3-7-19(20)26/h3-4,7-12H,2,5-6,13-16H2,1H3,(H,27,30). The van der Waals surface area contributed by atoms with Gasteiger partial charge in [-0.3, -0.25) is 19.3 Å². The first-order chi connectivity index (χ1) is 16.8. The Morgan fingerprint density at radius 2 is 1.71 bits per heavy atom. The molecule has 1 saturated heterocycles. The maximum Gasteiger partial charge on any atom is 0.327 e. The lowest BCUT2D eigenvalue weighted by Gasteiger charge is -2.35. The Balaban J connectivity index is 1.26. The molecule has 1 heterocycles. The average Bonchev–Trinajstić information content (AvgIpc) is 3.02.